The molecule has 4 nitrogen and oxygen atoms in total. The lowest BCUT2D eigenvalue weighted by molar-refractivity contribution is 0.500. The first kappa shape index (κ1) is 7.15. The van der Waals surface area contributed by atoms with Crippen LogP contribution in [0.3, 0.4) is 0 Å². The van der Waals surface area contributed by atoms with Crippen molar-refractivity contribution in [1.82, 2.24) is 9.58 Å². The lowest BCUT2D eigenvalue weighted by atomic mass is 10.3. The highest BCUT2D eigenvalue weighted by Gasteiger charge is 2.68. The van der Waals surface area contributed by atoms with E-state index in [2.05, 4.69) is 29.2 Å². The maximum atomic E-state index is 4.33. The van der Waals surface area contributed by atoms with Crippen molar-refractivity contribution in [2.45, 2.75) is 25.9 Å². The summed E-state index contributed by atoms with van der Waals surface area (Å²) >= 11 is 0. The Hall–Kier alpha value is -1.29. The number of rotatable bonds is 0. The van der Waals surface area contributed by atoms with Crippen LogP contribution < -0.4 is 4.59 Å². The van der Waals surface area contributed by atoms with Crippen LogP contribution in [-0.2, 0) is 0 Å². The Morgan fingerprint density at radius 1 is 1.31 bits per heavy atom. The van der Waals surface area contributed by atoms with Crippen LogP contribution in [0.4, 0.5) is 11.4 Å². The monoisotopic (exact) mass is 175 g/mol. The first-order valence-electron chi connectivity index (χ1n) is 4.53. The molecule has 2 unspecified atom stereocenters. The standard InChI is InChI=1S/C9H11N4/c1-6-7(2)13(6)9-5-10-4-3-8(9)11-12-13/h3-7H,1-2H3/q+1. The molecule has 66 valence electrons. The van der Waals surface area contributed by atoms with Crippen molar-refractivity contribution >= 4 is 11.4 Å². The number of pyridine rings is 1. The van der Waals surface area contributed by atoms with Crippen molar-refractivity contribution in [3.63, 3.8) is 0 Å². The second-order valence-electron chi connectivity index (χ2n) is 3.77. The average Bonchev–Trinajstić information content (AvgIpc) is 2.59. The van der Waals surface area contributed by atoms with E-state index in [1.54, 1.807) is 6.20 Å². The molecular formula is C9H11N4+. The Balaban J connectivity index is 2.19. The topological polar surface area (TPSA) is 37.6 Å². The van der Waals surface area contributed by atoms with Crippen molar-refractivity contribution < 1.29 is 0 Å². The summed E-state index contributed by atoms with van der Waals surface area (Å²) in [5, 5.41) is 8.50. The molecule has 0 amide bonds. The van der Waals surface area contributed by atoms with Gasteiger partial charge in [0, 0.05) is 11.4 Å². The highest BCUT2D eigenvalue weighted by atomic mass is 15.8. The number of quaternary nitrogens is 1. The van der Waals surface area contributed by atoms with Crippen molar-refractivity contribution in [3.8, 4) is 0 Å². The van der Waals surface area contributed by atoms with E-state index in [1.807, 2.05) is 12.3 Å². The molecule has 0 aliphatic carbocycles. The Kier molecular flexibility index (Phi) is 1.08. The van der Waals surface area contributed by atoms with Crippen molar-refractivity contribution in [2.24, 2.45) is 10.3 Å². The summed E-state index contributed by atoms with van der Waals surface area (Å²) < 4.78 is 0.670. The molecule has 2 aliphatic rings. The zero-order chi connectivity index (χ0) is 9.05. The Bertz CT molecular complexity index is 390. The van der Waals surface area contributed by atoms with Gasteiger partial charge in [0.05, 0.1) is 6.20 Å². The Morgan fingerprint density at radius 2 is 2.08 bits per heavy atom. The van der Waals surface area contributed by atoms with Gasteiger partial charge in [-0.3, -0.25) is 4.98 Å². The summed E-state index contributed by atoms with van der Waals surface area (Å²) in [6, 6.07) is 3.02. The van der Waals surface area contributed by atoms with E-state index in [1.165, 1.54) is 0 Å². The fourth-order valence-corrected chi connectivity index (χ4v) is 2.18. The number of nitrogens with zero attached hydrogens (tertiary/aromatic N) is 4. The van der Waals surface area contributed by atoms with Gasteiger partial charge in [-0.25, -0.2) is 0 Å². The van der Waals surface area contributed by atoms with Crippen LogP contribution >= 0.6 is 0 Å². The fourth-order valence-electron chi connectivity index (χ4n) is 2.18. The van der Waals surface area contributed by atoms with E-state index in [0.717, 1.165) is 11.4 Å². The molecule has 0 aromatic carbocycles. The predicted molar refractivity (Wildman–Crippen MR) is 49.5 cm³/mol. The maximum Gasteiger partial charge on any atom is 0.208 e. The lowest BCUT2D eigenvalue weighted by Gasteiger charge is -2.04. The molecule has 0 bridgehead atoms. The highest BCUT2D eigenvalue weighted by molar-refractivity contribution is 5.68. The van der Waals surface area contributed by atoms with Gasteiger partial charge in [0.1, 0.15) is 0 Å². The summed E-state index contributed by atoms with van der Waals surface area (Å²) in [6.45, 7) is 4.40. The Labute approximate surface area is 76.5 Å². The maximum absolute atomic E-state index is 4.33. The van der Waals surface area contributed by atoms with Gasteiger partial charge in [-0.2, -0.15) is 0 Å². The average molecular weight is 175 g/mol. The first-order chi connectivity index (χ1) is 6.27. The van der Waals surface area contributed by atoms with Crippen LogP contribution in [0.2, 0.25) is 0 Å². The lowest BCUT2D eigenvalue weighted by Crippen LogP contribution is -2.19. The van der Waals surface area contributed by atoms with Crippen LogP contribution in [0, 0.1) is 0 Å². The van der Waals surface area contributed by atoms with Gasteiger partial charge in [-0.15, -0.1) is 4.59 Å². The van der Waals surface area contributed by atoms with Gasteiger partial charge < -0.3 is 0 Å². The number of fused-ring (bicyclic) bond motifs is 2. The van der Waals surface area contributed by atoms with E-state index < -0.39 is 0 Å². The van der Waals surface area contributed by atoms with E-state index in [0.29, 0.717) is 16.7 Å². The van der Waals surface area contributed by atoms with E-state index in [9.17, 15) is 0 Å². The molecule has 3 heterocycles. The molecule has 2 aliphatic heterocycles. The molecule has 2 atom stereocenters. The summed E-state index contributed by atoms with van der Waals surface area (Å²) in [5.41, 5.74) is 2.13. The van der Waals surface area contributed by atoms with Crippen LogP contribution in [0.15, 0.2) is 28.8 Å². The Morgan fingerprint density at radius 3 is 2.77 bits per heavy atom. The van der Waals surface area contributed by atoms with Crippen LogP contribution in [0.5, 0.6) is 0 Å². The third-order valence-corrected chi connectivity index (χ3v) is 3.31. The quantitative estimate of drug-likeness (QED) is 0.440. The zero-order valence-electron chi connectivity index (χ0n) is 7.68. The minimum atomic E-state index is 0.550. The van der Waals surface area contributed by atoms with Crippen LogP contribution in [-0.4, -0.2) is 17.1 Å². The molecule has 1 aromatic rings. The highest BCUT2D eigenvalue weighted by Crippen LogP contribution is 2.53. The van der Waals surface area contributed by atoms with Gasteiger partial charge >= 0.3 is 0 Å². The second kappa shape index (κ2) is 1.96. The number of hydrogen-bond acceptors (Lipinski definition) is 3. The molecule has 13 heavy (non-hydrogen) atoms. The van der Waals surface area contributed by atoms with Gasteiger partial charge in [0.15, 0.2) is 17.8 Å². The summed E-state index contributed by atoms with van der Waals surface area (Å²) in [4.78, 5) is 4.13. The molecular weight excluding hydrogens is 164 g/mol. The van der Waals surface area contributed by atoms with Crippen molar-refractivity contribution in [1.29, 1.82) is 0 Å². The van der Waals surface area contributed by atoms with Crippen molar-refractivity contribution in [3.05, 3.63) is 18.5 Å². The number of aromatic nitrogens is 1. The molecule has 0 saturated carbocycles. The molecule has 1 saturated heterocycles. The van der Waals surface area contributed by atoms with Gasteiger partial charge in [-0.05, 0) is 19.9 Å². The van der Waals surface area contributed by atoms with Crippen LogP contribution in [0.25, 0.3) is 0 Å². The van der Waals surface area contributed by atoms with Crippen LogP contribution in [0.1, 0.15) is 13.8 Å². The molecule has 1 spiro atoms. The van der Waals surface area contributed by atoms with Gasteiger partial charge in [0.25, 0.3) is 0 Å². The summed E-state index contributed by atoms with van der Waals surface area (Å²) in [6.07, 6.45) is 3.65. The van der Waals surface area contributed by atoms with E-state index in [4.69, 9.17) is 0 Å². The SMILES string of the molecule is CC1C(C)[N+]12N=Nc1ccncc12. The van der Waals surface area contributed by atoms with E-state index in [-0.39, 0.29) is 0 Å². The second-order valence-corrected chi connectivity index (χ2v) is 3.77. The minimum absolute atomic E-state index is 0.550. The van der Waals surface area contributed by atoms with Gasteiger partial charge in [-0.1, -0.05) is 5.11 Å². The van der Waals surface area contributed by atoms with Crippen molar-refractivity contribution in [2.75, 3.05) is 0 Å². The molecule has 1 fully saturated rings. The molecule has 1 aromatic heterocycles. The summed E-state index contributed by atoms with van der Waals surface area (Å²) in [5.74, 6) is 0. The molecule has 4 heteroatoms. The van der Waals surface area contributed by atoms with E-state index >= 15 is 0 Å². The molecule has 0 N–H and O–H groups in total. The number of hydrogen-bond donors (Lipinski definition) is 0. The van der Waals surface area contributed by atoms with Gasteiger partial charge in [0.2, 0.25) is 5.69 Å². The molecule has 3 rings (SSSR count). The third kappa shape index (κ3) is 0.637. The largest absolute Gasteiger partial charge is 0.258 e. The summed E-state index contributed by atoms with van der Waals surface area (Å²) in [7, 11) is 0. The zero-order valence-corrected chi connectivity index (χ0v) is 7.68. The minimum Gasteiger partial charge on any atom is -0.258 e. The first-order valence-corrected chi connectivity index (χ1v) is 4.53. The normalized spacial score (nSPS) is 39.5. The third-order valence-electron chi connectivity index (χ3n) is 3.31. The fraction of sp³-hybridized carbons (Fsp3) is 0.444. The smallest absolute Gasteiger partial charge is 0.208 e. The predicted octanol–water partition coefficient (Wildman–Crippen LogP) is 2.19. The molecule has 0 radical (unpaired) electrons.